The van der Waals surface area contributed by atoms with E-state index in [1.54, 1.807) is 24.1 Å². The molecule has 0 saturated heterocycles. The Hall–Kier alpha value is -3.74. The van der Waals surface area contributed by atoms with Gasteiger partial charge in [-0.1, -0.05) is 18.2 Å². The fourth-order valence-corrected chi connectivity index (χ4v) is 3.48. The van der Waals surface area contributed by atoms with Crippen LogP contribution in [-0.2, 0) is 0 Å². The van der Waals surface area contributed by atoms with Crippen LogP contribution >= 0.6 is 0 Å². The molecule has 7 nitrogen and oxygen atoms in total. The van der Waals surface area contributed by atoms with Crippen LogP contribution < -0.4 is 15.1 Å². The minimum atomic E-state index is -0.508. The van der Waals surface area contributed by atoms with Gasteiger partial charge in [0.25, 0.3) is 0 Å². The largest absolute Gasteiger partial charge is 0.495 e. The number of aromatic nitrogens is 2. The van der Waals surface area contributed by atoms with Crippen LogP contribution in [0.2, 0.25) is 0 Å². The molecule has 0 amide bonds. The molecular formula is C20H14N2O5. The van der Waals surface area contributed by atoms with E-state index in [0.29, 0.717) is 33.4 Å². The van der Waals surface area contributed by atoms with E-state index in [4.69, 9.17) is 18.3 Å². The number of hydrogen-bond donors (Lipinski definition) is 0. The third-order valence-corrected chi connectivity index (χ3v) is 4.61. The summed E-state index contributed by atoms with van der Waals surface area (Å²) in [4.78, 5) is 12.6. The Morgan fingerprint density at radius 1 is 0.963 bits per heavy atom. The number of para-hydroxylation sites is 1. The SMILES string of the molecule is COc1c2occc2c(OC)c2c1oc(=O)c1cnn(-c3ccccc3)c12. The Balaban J connectivity index is 2.09. The predicted molar refractivity (Wildman–Crippen MR) is 100.0 cm³/mol. The first-order valence-corrected chi connectivity index (χ1v) is 8.25. The Labute approximate surface area is 152 Å². The molecule has 0 aliphatic heterocycles. The molecule has 3 heterocycles. The zero-order chi connectivity index (χ0) is 18.5. The maximum Gasteiger partial charge on any atom is 0.347 e. The highest BCUT2D eigenvalue weighted by atomic mass is 16.5. The van der Waals surface area contributed by atoms with Gasteiger partial charge in [0, 0.05) is 0 Å². The van der Waals surface area contributed by atoms with E-state index in [1.807, 2.05) is 30.3 Å². The van der Waals surface area contributed by atoms with Gasteiger partial charge in [0.1, 0.15) is 11.1 Å². The first kappa shape index (κ1) is 15.5. The molecule has 0 aliphatic rings. The van der Waals surface area contributed by atoms with Crippen LogP contribution in [0.1, 0.15) is 0 Å². The minimum absolute atomic E-state index is 0.256. The second-order valence-electron chi connectivity index (χ2n) is 5.98. The van der Waals surface area contributed by atoms with Crippen molar-refractivity contribution in [3.05, 3.63) is 59.3 Å². The summed E-state index contributed by atoms with van der Waals surface area (Å²) in [5.41, 5.74) is 1.60. The monoisotopic (exact) mass is 362 g/mol. The molecule has 0 aliphatic carbocycles. The van der Waals surface area contributed by atoms with Gasteiger partial charge in [-0.3, -0.25) is 0 Å². The van der Waals surface area contributed by atoms with Crippen molar-refractivity contribution >= 4 is 32.8 Å². The Bertz CT molecular complexity index is 1360. The molecule has 0 spiro atoms. The second-order valence-corrected chi connectivity index (χ2v) is 5.98. The zero-order valence-electron chi connectivity index (χ0n) is 14.6. The van der Waals surface area contributed by atoms with E-state index < -0.39 is 5.63 Å². The summed E-state index contributed by atoms with van der Waals surface area (Å²) in [5.74, 6) is 0.867. The lowest BCUT2D eigenvalue weighted by molar-refractivity contribution is 0.399. The Morgan fingerprint density at radius 2 is 1.74 bits per heavy atom. The lowest BCUT2D eigenvalue weighted by Crippen LogP contribution is -2.04. The number of ether oxygens (including phenoxy) is 2. The first-order valence-electron chi connectivity index (χ1n) is 8.25. The van der Waals surface area contributed by atoms with Crippen LogP contribution in [0.25, 0.3) is 38.5 Å². The van der Waals surface area contributed by atoms with Crippen molar-refractivity contribution in [2.24, 2.45) is 0 Å². The predicted octanol–water partition coefficient (Wildman–Crippen LogP) is 3.90. The molecule has 0 bridgehead atoms. The van der Waals surface area contributed by atoms with Crippen molar-refractivity contribution in [2.75, 3.05) is 14.2 Å². The average Bonchev–Trinajstić information content (AvgIpc) is 3.35. The molecule has 7 heteroatoms. The summed E-state index contributed by atoms with van der Waals surface area (Å²) in [6, 6.07) is 11.3. The summed E-state index contributed by atoms with van der Waals surface area (Å²) in [6.45, 7) is 0. The number of methoxy groups -OCH3 is 2. The third kappa shape index (κ3) is 2.02. The summed E-state index contributed by atoms with van der Waals surface area (Å²) >= 11 is 0. The van der Waals surface area contributed by atoms with Gasteiger partial charge in [0.05, 0.1) is 48.7 Å². The molecule has 0 saturated carbocycles. The number of hydrogen-bond acceptors (Lipinski definition) is 6. The molecule has 0 N–H and O–H groups in total. The quantitative estimate of drug-likeness (QED) is 0.453. The van der Waals surface area contributed by atoms with Crippen LogP contribution in [0.3, 0.4) is 0 Å². The molecule has 2 aromatic carbocycles. The summed E-state index contributed by atoms with van der Waals surface area (Å²) in [7, 11) is 3.07. The van der Waals surface area contributed by atoms with Crippen molar-refractivity contribution in [3.63, 3.8) is 0 Å². The normalized spacial score (nSPS) is 11.5. The molecule has 0 atom stereocenters. The van der Waals surface area contributed by atoms with Crippen molar-refractivity contribution in [2.45, 2.75) is 0 Å². The first-order chi connectivity index (χ1) is 13.2. The van der Waals surface area contributed by atoms with Crippen LogP contribution in [0.4, 0.5) is 0 Å². The molecule has 0 radical (unpaired) electrons. The van der Waals surface area contributed by atoms with E-state index in [2.05, 4.69) is 5.10 Å². The molecule has 27 heavy (non-hydrogen) atoms. The zero-order valence-corrected chi connectivity index (χ0v) is 14.6. The molecule has 3 aromatic heterocycles. The van der Waals surface area contributed by atoms with Crippen molar-refractivity contribution < 1.29 is 18.3 Å². The Kier molecular flexibility index (Phi) is 3.24. The van der Waals surface area contributed by atoms with Gasteiger partial charge in [0.2, 0.25) is 5.75 Å². The summed E-state index contributed by atoms with van der Waals surface area (Å²) < 4.78 is 24.0. The number of nitrogens with zero attached hydrogens (tertiary/aromatic N) is 2. The van der Waals surface area contributed by atoms with E-state index in [0.717, 1.165) is 11.1 Å². The van der Waals surface area contributed by atoms with E-state index >= 15 is 0 Å². The maximum absolute atomic E-state index is 12.6. The highest BCUT2D eigenvalue weighted by Gasteiger charge is 2.25. The van der Waals surface area contributed by atoms with Crippen LogP contribution in [0.5, 0.6) is 11.5 Å². The fourth-order valence-electron chi connectivity index (χ4n) is 3.48. The van der Waals surface area contributed by atoms with E-state index in [9.17, 15) is 4.79 Å². The molecule has 0 fully saturated rings. The lowest BCUT2D eigenvalue weighted by Gasteiger charge is -2.12. The van der Waals surface area contributed by atoms with Crippen molar-refractivity contribution in [1.29, 1.82) is 0 Å². The smallest absolute Gasteiger partial charge is 0.347 e. The van der Waals surface area contributed by atoms with Crippen LogP contribution in [0.15, 0.2) is 62.5 Å². The molecule has 0 unspecified atom stereocenters. The minimum Gasteiger partial charge on any atom is -0.495 e. The molecule has 5 rings (SSSR count). The number of benzene rings is 2. The van der Waals surface area contributed by atoms with E-state index in [1.165, 1.54) is 13.3 Å². The van der Waals surface area contributed by atoms with Gasteiger partial charge in [0.15, 0.2) is 11.2 Å². The van der Waals surface area contributed by atoms with Gasteiger partial charge in [-0.15, -0.1) is 0 Å². The summed E-state index contributed by atoms with van der Waals surface area (Å²) in [5, 5.41) is 6.08. The fraction of sp³-hybridized carbons (Fsp3) is 0.100. The average molecular weight is 362 g/mol. The molecular weight excluding hydrogens is 348 g/mol. The van der Waals surface area contributed by atoms with E-state index in [-0.39, 0.29) is 5.58 Å². The number of furan rings is 1. The van der Waals surface area contributed by atoms with Gasteiger partial charge in [-0.05, 0) is 18.2 Å². The van der Waals surface area contributed by atoms with Gasteiger partial charge < -0.3 is 18.3 Å². The second kappa shape index (κ2) is 5.63. The van der Waals surface area contributed by atoms with Crippen LogP contribution in [0, 0.1) is 0 Å². The number of fused-ring (bicyclic) bond motifs is 4. The molecule has 5 aromatic rings. The third-order valence-electron chi connectivity index (χ3n) is 4.61. The maximum atomic E-state index is 12.6. The highest BCUT2D eigenvalue weighted by molar-refractivity contribution is 6.16. The Morgan fingerprint density at radius 3 is 2.48 bits per heavy atom. The topological polar surface area (TPSA) is 79.6 Å². The lowest BCUT2D eigenvalue weighted by atomic mass is 10.1. The highest BCUT2D eigenvalue weighted by Crippen LogP contribution is 2.45. The standard InChI is InChI=1S/C20H14N2O5/c1-24-16-12-8-9-26-17(12)19(25-2)18-14(16)15-13(20(23)27-18)10-21-22(15)11-6-4-3-5-7-11/h3-10H,1-2H3. The van der Waals surface area contributed by atoms with Crippen molar-refractivity contribution in [1.82, 2.24) is 9.78 Å². The summed E-state index contributed by atoms with van der Waals surface area (Å²) in [6.07, 6.45) is 3.04. The van der Waals surface area contributed by atoms with Gasteiger partial charge in [-0.2, -0.15) is 5.10 Å². The van der Waals surface area contributed by atoms with Gasteiger partial charge >= 0.3 is 5.63 Å². The van der Waals surface area contributed by atoms with Crippen molar-refractivity contribution in [3.8, 4) is 17.2 Å². The van der Waals surface area contributed by atoms with Crippen LogP contribution in [-0.4, -0.2) is 24.0 Å². The van der Waals surface area contributed by atoms with Gasteiger partial charge in [-0.25, -0.2) is 9.48 Å². The molecule has 134 valence electrons. The number of rotatable bonds is 3.